The van der Waals surface area contributed by atoms with Gasteiger partial charge in [0, 0.05) is 48.2 Å². The van der Waals surface area contributed by atoms with Crippen molar-refractivity contribution in [1.29, 1.82) is 0 Å². The Balaban J connectivity index is 1.33. The quantitative estimate of drug-likeness (QED) is 0.253. The lowest BCUT2D eigenvalue weighted by atomic mass is 9.95. The Bertz CT molecular complexity index is 1360. The Morgan fingerprint density at radius 2 is 1.74 bits per heavy atom. The summed E-state index contributed by atoms with van der Waals surface area (Å²) in [5.74, 6) is 0.591. The van der Waals surface area contributed by atoms with Crippen molar-refractivity contribution in [3.63, 3.8) is 0 Å². The van der Waals surface area contributed by atoms with Gasteiger partial charge in [0.15, 0.2) is 11.5 Å². The van der Waals surface area contributed by atoms with Crippen LogP contribution in [0.2, 0.25) is 0 Å². The number of nitrogens with one attached hydrogen (secondary N) is 2. The summed E-state index contributed by atoms with van der Waals surface area (Å²) in [6.07, 6.45) is 0.851. The minimum Gasteiger partial charge on any atom is -0.504 e. The van der Waals surface area contributed by atoms with Crippen molar-refractivity contribution >= 4 is 0 Å². The zero-order valence-corrected chi connectivity index (χ0v) is 20.4. The van der Waals surface area contributed by atoms with Gasteiger partial charge in [0.25, 0.3) is 0 Å². The fourth-order valence-corrected chi connectivity index (χ4v) is 4.62. The summed E-state index contributed by atoms with van der Waals surface area (Å²) in [4.78, 5) is 0. The Morgan fingerprint density at radius 1 is 1.00 bits per heavy atom. The highest BCUT2D eigenvalue weighted by Crippen LogP contribution is 2.41. The number of methoxy groups -OCH3 is 1. The largest absolute Gasteiger partial charge is 0.504 e. The minimum absolute atomic E-state index is 0.126. The molecule has 180 valence electrons. The number of nitrogens with zero attached hydrogens (tertiary/aromatic N) is 1. The van der Waals surface area contributed by atoms with Gasteiger partial charge in [0.2, 0.25) is 0 Å². The number of aromatic amines is 1. The first-order valence-electron chi connectivity index (χ1n) is 11.9. The van der Waals surface area contributed by atoms with Crippen LogP contribution in [0, 0.1) is 5.41 Å². The summed E-state index contributed by atoms with van der Waals surface area (Å²) >= 11 is 0. The van der Waals surface area contributed by atoms with Crippen LogP contribution in [0.3, 0.4) is 0 Å². The second kappa shape index (κ2) is 9.21. The summed E-state index contributed by atoms with van der Waals surface area (Å²) in [5.41, 5.74) is 10.0. The number of aliphatic hydroxyl groups is 1. The van der Waals surface area contributed by atoms with Gasteiger partial charge in [-0.3, -0.25) is 5.10 Å². The highest BCUT2D eigenvalue weighted by atomic mass is 16.5. The summed E-state index contributed by atoms with van der Waals surface area (Å²) in [6.45, 7) is 5.81. The van der Waals surface area contributed by atoms with Crippen LogP contribution < -0.4 is 10.1 Å². The van der Waals surface area contributed by atoms with E-state index in [9.17, 15) is 10.2 Å². The van der Waals surface area contributed by atoms with Crippen molar-refractivity contribution in [2.45, 2.75) is 26.8 Å². The number of H-pyrrole nitrogens is 1. The topological polar surface area (TPSA) is 90.4 Å². The summed E-state index contributed by atoms with van der Waals surface area (Å²) < 4.78 is 5.24. The van der Waals surface area contributed by atoms with Crippen molar-refractivity contribution in [1.82, 2.24) is 15.5 Å². The second-order valence-electron chi connectivity index (χ2n) is 9.98. The molecule has 0 unspecified atom stereocenters. The van der Waals surface area contributed by atoms with Gasteiger partial charge in [-0.1, -0.05) is 62.4 Å². The van der Waals surface area contributed by atoms with Gasteiger partial charge >= 0.3 is 0 Å². The average molecular weight is 470 g/mol. The van der Waals surface area contributed by atoms with Gasteiger partial charge in [-0.25, -0.2) is 0 Å². The van der Waals surface area contributed by atoms with Crippen molar-refractivity contribution in [2.24, 2.45) is 5.41 Å². The highest BCUT2D eigenvalue weighted by molar-refractivity contribution is 5.82. The summed E-state index contributed by atoms with van der Waals surface area (Å²) in [5, 5.41) is 30.7. The molecule has 35 heavy (non-hydrogen) atoms. The van der Waals surface area contributed by atoms with Gasteiger partial charge in [-0.15, -0.1) is 0 Å². The van der Waals surface area contributed by atoms with Crippen LogP contribution in [0.15, 0.2) is 60.7 Å². The molecule has 1 heterocycles. The Morgan fingerprint density at radius 3 is 2.49 bits per heavy atom. The van der Waals surface area contributed by atoms with E-state index in [2.05, 4.69) is 71.8 Å². The van der Waals surface area contributed by atoms with Crippen LogP contribution in [-0.4, -0.2) is 40.7 Å². The second-order valence-corrected chi connectivity index (χ2v) is 9.98. The molecule has 0 saturated carbocycles. The van der Waals surface area contributed by atoms with Crippen LogP contribution in [0.5, 0.6) is 11.5 Å². The van der Waals surface area contributed by atoms with E-state index in [0.29, 0.717) is 5.75 Å². The normalized spacial score (nSPS) is 12.5. The molecule has 6 heteroatoms. The third-order valence-electron chi connectivity index (χ3n) is 6.71. The molecule has 4 aromatic rings. The lowest BCUT2D eigenvalue weighted by Crippen LogP contribution is -2.31. The number of fused-ring (bicyclic) bond motifs is 3. The molecule has 3 aromatic carbocycles. The number of phenolic OH excluding ortho intramolecular Hbond substituents is 1. The first-order chi connectivity index (χ1) is 16.9. The molecule has 0 amide bonds. The van der Waals surface area contributed by atoms with Crippen LogP contribution >= 0.6 is 0 Å². The molecular weight excluding hydrogens is 438 g/mol. The smallest absolute Gasteiger partial charge is 0.161 e. The zero-order chi connectivity index (χ0) is 24.6. The number of hydrogen-bond donors (Lipinski definition) is 4. The van der Waals surface area contributed by atoms with Crippen molar-refractivity contribution in [3.8, 4) is 45.1 Å². The van der Waals surface area contributed by atoms with E-state index in [1.54, 1.807) is 13.2 Å². The molecule has 0 bridgehead atoms. The molecule has 0 radical (unpaired) electrons. The van der Waals surface area contributed by atoms with E-state index in [-0.39, 0.29) is 17.8 Å². The molecule has 5 rings (SSSR count). The molecule has 0 fully saturated rings. The number of aromatic hydroxyl groups is 1. The molecule has 1 aliphatic carbocycles. The molecule has 0 spiro atoms. The Hall–Kier alpha value is -3.61. The maximum Gasteiger partial charge on any atom is 0.161 e. The van der Waals surface area contributed by atoms with Gasteiger partial charge in [-0.2, -0.15) is 5.10 Å². The number of rotatable bonds is 8. The molecular formula is C29H31N3O3. The number of hydrogen-bond acceptors (Lipinski definition) is 5. The standard InChI is InChI=1S/C29H31N3O3/c1-29(2,17-33)16-30-15-18-4-10-23-22(12-18)13-24-27(31-32-28(23)24)20-7-5-19(6-8-20)21-9-11-25(34)26(14-21)35-3/h4-12,14,30,33-34H,13,15-17H2,1-3H3,(H,31,32). The number of aliphatic hydroxyl groups excluding tert-OH is 1. The number of benzene rings is 3. The van der Waals surface area contributed by atoms with E-state index in [0.717, 1.165) is 47.6 Å². The molecule has 4 N–H and O–H groups in total. The van der Waals surface area contributed by atoms with E-state index in [1.165, 1.54) is 22.3 Å². The lowest BCUT2D eigenvalue weighted by Gasteiger charge is -2.22. The van der Waals surface area contributed by atoms with Gasteiger partial charge in [0.1, 0.15) is 0 Å². The predicted octanol–water partition coefficient (Wildman–Crippen LogP) is 5.14. The fourth-order valence-electron chi connectivity index (χ4n) is 4.62. The summed E-state index contributed by atoms with van der Waals surface area (Å²) in [6, 6.07) is 20.3. The molecule has 1 aromatic heterocycles. The molecule has 0 aliphatic heterocycles. The van der Waals surface area contributed by atoms with Crippen molar-refractivity contribution < 1.29 is 14.9 Å². The third kappa shape index (κ3) is 4.55. The minimum atomic E-state index is -0.126. The van der Waals surface area contributed by atoms with Gasteiger partial charge in [0.05, 0.1) is 18.5 Å². The summed E-state index contributed by atoms with van der Waals surface area (Å²) in [7, 11) is 1.55. The molecule has 6 nitrogen and oxygen atoms in total. The van der Waals surface area contributed by atoms with Crippen molar-refractivity contribution in [2.75, 3.05) is 20.3 Å². The Labute approximate surface area is 205 Å². The van der Waals surface area contributed by atoms with Crippen LogP contribution in [0.1, 0.15) is 30.5 Å². The number of aromatic nitrogens is 2. The maximum atomic E-state index is 9.87. The average Bonchev–Trinajstić information content (AvgIpc) is 3.43. The van der Waals surface area contributed by atoms with E-state index in [1.807, 2.05) is 12.1 Å². The van der Waals surface area contributed by atoms with Crippen LogP contribution in [0.4, 0.5) is 0 Å². The van der Waals surface area contributed by atoms with Crippen LogP contribution in [0.25, 0.3) is 33.6 Å². The monoisotopic (exact) mass is 469 g/mol. The first-order valence-corrected chi connectivity index (χ1v) is 11.9. The van der Waals surface area contributed by atoms with E-state index >= 15 is 0 Å². The number of ether oxygens (including phenoxy) is 1. The SMILES string of the molecule is COc1cc(-c2ccc(-c3n[nH]c4c3Cc3cc(CNCC(C)(C)CO)ccc3-4)cc2)ccc1O. The predicted molar refractivity (Wildman–Crippen MR) is 138 cm³/mol. The first kappa shape index (κ1) is 23.1. The van der Waals surface area contributed by atoms with Gasteiger partial charge in [-0.05, 0) is 34.4 Å². The lowest BCUT2D eigenvalue weighted by molar-refractivity contribution is 0.156. The number of phenols is 1. The third-order valence-corrected chi connectivity index (χ3v) is 6.71. The van der Waals surface area contributed by atoms with E-state index < -0.39 is 0 Å². The van der Waals surface area contributed by atoms with Crippen molar-refractivity contribution in [3.05, 3.63) is 77.4 Å². The molecule has 0 atom stereocenters. The van der Waals surface area contributed by atoms with Crippen LogP contribution in [-0.2, 0) is 13.0 Å². The zero-order valence-electron chi connectivity index (χ0n) is 20.4. The van der Waals surface area contributed by atoms with E-state index in [4.69, 9.17) is 4.74 Å². The molecule has 1 aliphatic rings. The molecule has 0 saturated heterocycles. The maximum absolute atomic E-state index is 9.87. The van der Waals surface area contributed by atoms with Gasteiger partial charge < -0.3 is 20.3 Å². The fraction of sp³-hybridized carbons (Fsp3) is 0.276. The highest BCUT2D eigenvalue weighted by Gasteiger charge is 2.25. The Kier molecular flexibility index (Phi) is 6.09.